The van der Waals surface area contributed by atoms with Gasteiger partial charge in [-0.2, -0.15) is 0 Å². The molecule has 1 aliphatic heterocycles. The van der Waals surface area contributed by atoms with Crippen LogP contribution in [0.3, 0.4) is 0 Å². The predicted octanol–water partition coefficient (Wildman–Crippen LogP) is 2.99. The van der Waals surface area contributed by atoms with Crippen molar-refractivity contribution >= 4 is 40.9 Å². The van der Waals surface area contributed by atoms with Gasteiger partial charge in [0.05, 0.1) is 33.4 Å². The van der Waals surface area contributed by atoms with Crippen molar-refractivity contribution in [2.24, 2.45) is 0 Å². The van der Waals surface area contributed by atoms with Gasteiger partial charge in [0, 0.05) is 6.61 Å². The van der Waals surface area contributed by atoms with Crippen molar-refractivity contribution < 1.29 is 19.4 Å². The molecule has 21 heavy (non-hydrogen) atoms. The Balaban J connectivity index is 2.12. The van der Waals surface area contributed by atoms with Gasteiger partial charge < -0.3 is 20.5 Å². The lowest BCUT2D eigenvalue weighted by atomic mass is 10.0. The topological polar surface area (TPSA) is 87.7 Å². The summed E-state index contributed by atoms with van der Waals surface area (Å²) in [5, 5.41) is 14.3. The van der Waals surface area contributed by atoms with Crippen LogP contribution >= 0.6 is 23.2 Å². The lowest BCUT2D eigenvalue weighted by Crippen LogP contribution is -2.48. The lowest BCUT2D eigenvalue weighted by Gasteiger charge is -2.24. The molecule has 2 amide bonds. The summed E-state index contributed by atoms with van der Waals surface area (Å²) >= 11 is 11.9. The number of carbonyl (C=O) groups excluding carboxylic acids is 1. The highest BCUT2D eigenvalue weighted by molar-refractivity contribution is 6.40. The smallest absolute Gasteiger partial charge is 0.335 e. The Morgan fingerprint density at radius 1 is 1.33 bits per heavy atom. The van der Waals surface area contributed by atoms with Gasteiger partial charge in [-0.3, -0.25) is 0 Å². The van der Waals surface area contributed by atoms with E-state index in [-0.39, 0.29) is 21.3 Å². The molecule has 0 spiro atoms. The molecule has 1 atom stereocenters. The van der Waals surface area contributed by atoms with Crippen molar-refractivity contribution in [2.75, 3.05) is 18.5 Å². The molecule has 1 unspecified atom stereocenters. The Morgan fingerprint density at radius 2 is 1.95 bits per heavy atom. The number of benzene rings is 1. The van der Waals surface area contributed by atoms with E-state index in [1.165, 1.54) is 12.1 Å². The van der Waals surface area contributed by atoms with Crippen LogP contribution in [0.15, 0.2) is 12.1 Å². The maximum absolute atomic E-state index is 12.0. The molecule has 114 valence electrons. The van der Waals surface area contributed by atoms with E-state index < -0.39 is 17.5 Å². The second-order valence-corrected chi connectivity index (χ2v) is 5.88. The fourth-order valence-corrected chi connectivity index (χ4v) is 2.58. The van der Waals surface area contributed by atoms with E-state index >= 15 is 0 Å². The van der Waals surface area contributed by atoms with Gasteiger partial charge in [0.15, 0.2) is 0 Å². The van der Waals surface area contributed by atoms with Crippen LogP contribution in [0.4, 0.5) is 10.5 Å². The van der Waals surface area contributed by atoms with Crippen LogP contribution < -0.4 is 10.6 Å². The third-order valence-electron chi connectivity index (χ3n) is 3.16. The van der Waals surface area contributed by atoms with Gasteiger partial charge in [0.25, 0.3) is 0 Å². The molecule has 0 saturated carbocycles. The van der Waals surface area contributed by atoms with Gasteiger partial charge in [0.1, 0.15) is 0 Å². The lowest BCUT2D eigenvalue weighted by molar-refractivity contribution is 0.0697. The minimum Gasteiger partial charge on any atom is -0.478 e. The summed E-state index contributed by atoms with van der Waals surface area (Å²) in [6, 6.07) is 1.98. The Bertz CT molecular complexity index is 563. The van der Waals surface area contributed by atoms with Gasteiger partial charge in [-0.1, -0.05) is 23.2 Å². The number of hydrogen-bond acceptors (Lipinski definition) is 3. The molecule has 6 nitrogen and oxygen atoms in total. The summed E-state index contributed by atoms with van der Waals surface area (Å²) in [6.07, 6.45) is 0.708. The summed E-state index contributed by atoms with van der Waals surface area (Å²) in [4.78, 5) is 22.9. The van der Waals surface area contributed by atoms with Crippen LogP contribution in [-0.4, -0.2) is 35.9 Å². The largest absolute Gasteiger partial charge is 0.478 e. The number of amides is 2. The molecule has 1 aromatic carbocycles. The first-order valence-electron chi connectivity index (χ1n) is 6.20. The number of carboxylic acids is 1. The van der Waals surface area contributed by atoms with Gasteiger partial charge >= 0.3 is 12.0 Å². The Morgan fingerprint density at radius 3 is 2.43 bits per heavy atom. The molecule has 1 saturated heterocycles. The number of carbonyl (C=O) groups is 2. The third-order valence-corrected chi connectivity index (χ3v) is 3.76. The van der Waals surface area contributed by atoms with E-state index in [4.69, 9.17) is 33.0 Å². The summed E-state index contributed by atoms with van der Waals surface area (Å²) in [5.74, 6) is -1.15. The highest BCUT2D eigenvalue weighted by Crippen LogP contribution is 2.32. The van der Waals surface area contributed by atoms with Crippen molar-refractivity contribution in [3.05, 3.63) is 27.7 Å². The van der Waals surface area contributed by atoms with E-state index in [0.717, 1.165) is 0 Å². The second-order valence-electron chi connectivity index (χ2n) is 5.06. The van der Waals surface area contributed by atoms with E-state index in [9.17, 15) is 9.59 Å². The monoisotopic (exact) mass is 332 g/mol. The summed E-state index contributed by atoms with van der Waals surface area (Å²) in [7, 11) is 0. The van der Waals surface area contributed by atoms with Crippen LogP contribution in [0.1, 0.15) is 23.7 Å². The maximum Gasteiger partial charge on any atom is 0.335 e. The Labute approximate surface area is 131 Å². The molecule has 2 rings (SSSR count). The molecule has 1 aromatic rings. The number of nitrogens with one attached hydrogen (secondary N) is 2. The highest BCUT2D eigenvalue weighted by Gasteiger charge is 2.31. The molecule has 1 aliphatic rings. The summed E-state index contributed by atoms with van der Waals surface area (Å²) in [6.45, 7) is 2.89. The van der Waals surface area contributed by atoms with E-state index in [0.29, 0.717) is 19.6 Å². The van der Waals surface area contributed by atoms with Gasteiger partial charge in [-0.25, -0.2) is 9.59 Å². The zero-order chi connectivity index (χ0) is 15.6. The van der Waals surface area contributed by atoms with Crippen LogP contribution in [0.5, 0.6) is 0 Å². The molecule has 1 fully saturated rings. The predicted molar refractivity (Wildman–Crippen MR) is 79.4 cm³/mol. The number of aromatic carboxylic acids is 1. The SMILES string of the molecule is CC1(NC(=O)Nc2c(Cl)cc(C(=O)O)cc2Cl)CCOC1. The van der Waals surface area contributed by atoms with Gasteiger partial charge in [-0.05, 0) is 25.5 Å². The molecule has 8 heteroatoms. The number of halogens is 2. The molecule has 0 aromatic heterocycles. The average Bonchev–Trinajstić information content (AvgIpc) is 2.79. The Kier molecular flexibility index (Phi) is 4.61. The molecule has 0 bridgehead atoms. The second kappa shape index (κ2) is 6.09. The number of ether oxygens (including phenoxy) is 1. The summed E-state index contributed by atoms with van der Waals surface area (Å²) < 4.78 is 5.24. The fraction of sp³-hybridized carbons (Fsp3) is 0.385. The quantitative estimate of drug-likeness (QED) is 0.793. The third kappa shape index (κ3) is 3.78. The van der Waals surface area contributed by atoms with Crippen molar-refractivity contribution in [3.8, 4) is 0 Å². The molecule has 1 heterocycles. The van der Waals surface area contributed by atoms with E-state index in [2.05, 4.69) is 10.6 Å². The first-order chi connectivity index (χ1) is 9.81. The fourth-order valence-electron chi connectivity index (χ4n) is 2.00. The van der Waals surface area contributed by atoms with Crippen LogP contribution in [-0.2, 0) is 4.74 Å². The average molecular weight is 333 g/mol. The van der Waals surface area contributed by atoms with Crippen molar-refractivity contribution in [1.29, 1.82) is 0 Å². The van der Waals surface area contributed by atoms with Crippen LogP contribution in [0.25, 0.3) is 0 Å². The number of urea groups is 1. The molecule has 0 radical (unpaired) electrons. The number of hydrogen-bond donors (Lipinski definition) is 3. The zero-order valence-electron chi connectivity index (χ0n) is 11.2. The zero-order valence-corrected chi connectivity index (χ0v) is 12.7. The van der Waals surface area contributed by atoms with Crippen molar-refractivity contribution in [3.63, 3.8) is 0 Å². The van der Waals surface area contributed by atoms with Gasteiger partial charge in [-0.15, -0.1) is 0 Å². The Hall–Kier alpha value is -1.50. The standard InChI is InChI=1S/C13H14Cl2N2O4/c1-13(2-3-21-6-13)17-12(20)16-10-8(14)4-7(11(18)19)5-9(10)15/h4-5H,2-3,6H2,1H3,(H,18,19)(H2,16,17,20). The first kappa shape index (κ1) is 15.9. The minimum absolute atomic E-state index is 0.0490. The maximum atomic E-state index is 12.0. The first-order valence-corrected chi connectivity index (χ1v) is 6.95. The van der Waals surface area contributed by atoms with Crippen LogP contribution in [0, 0.1) is 0 Å². The number of carboxylic acid groups (broad SMARTS) is 1. The van der Waals surface area contributed by atoms with E-state index in [1.807, 2.05) is 6.92 Å². The normalized spacial score (nSPS) is 21.1. The number of rotatable bonds is 3. The van der Waals surface area contributed by atoms with Crippen LogP contribution in [0.2, 0.25) is 10.0 Å². The highest BCUT2D eigenvalue weighted by atomic mass is 35.5. The summed E-state index contributed by atoms with van der Waals surface area (Å²) in [5.41, 5.74) is -0.320. The van der Waals surface area contributed by atoms with Crippen molar-refractivity contribution in [2.45, 2.75) is 18.9 Å². The van der Waals surface area contributed by atoms with Gasteiger partial charge in [0.2, 0.25) is 0 Å². The molecule has 0 aliphatic carbocycles. The molecular formula is C13H14Cl2N2O4. The van der Waals surface area contributed by atoms with Crippen molar-refractivity contribution in [1.82, 2.24) is 5.32 Å². The van der Waals surface area contributed by atoms with E-state index in [1.54, 1.807) is 0 Å². The molecular weight excluding hydrogens is 319 g/mol. The molecule has 3 N–H and O–H groups in total. The number of anilines is 1. The minimum atomic E-state index is -1.15.